The van der Waals surface area contributed by atoms with Gasteiger partial charge in [0.1, 0.15) is 11.5 Å². The molecule has 0 spiro atoms. The van der Waals surface area contributed by atoms with Crippen molar-refractivity contribution >= 4 is 11.0 Å². The summed E-state index contributed by atoms with van der Waals surface area (Å²) in [6.45, 7) is 0. The van der Waals surface area contributed by atoms with Crippen LogP contribution < -0.4 is 5.84 Å². The van der Waals surface area contributed by atoms with Crippen molar-refractivity contribution < 1.29 is 8.78 Å². The van der Waals surface area contributed by atoms with Crippen LogP contribution in [0.15, 0.2) is 30.3 Å². The molecule has 2 heterocycles. The van der Waals surface area contributed by atoms with E-state index in [4.69, 9.17) is 11.1 Å². The van der Waals surface area contributed by atoms with Crippen LogP contribution in [0, 0.1) is 23.1 Å². The van der Waals surface area contributed by atoms with Crippen LogP contribution in [-0.4, -0.2) is 14.6 Å². The van der Waals surface area contributed by atoms with E-state index in [1.807, 2.05) is 18.2 Å². The molecule has 0 fully saturated rings. The summed E-state index contributed by atoms with van der Waals surface area (Å²) in [6.07, 6.45) is 0.181. The third-order valence-corrected chi connectivity index (χ3v) is 3.15. The lowest BCUT2D eigenvalue weighted by Gasteiger charge is -2.03. The molecule has 0 atom stereocenters. The van der Waals surface area contributed by atoms with Gasteiger partial charge in [0.15, 0.2) is 11.5 Å². The topological polar surface area (TPSA) is 80.5 Å². The molecule has 3 rings (SSSR count). The second kappa shape index (κ2) is 4.83. The third kappa shape index (κ3) is 2.07. The molecule has 2 aromatic heterocycles. The van der Waals surface area contributed by atoms with Crippen molar-refractivity contribution in [1.82, 2.24) is 14.6 Å². The lowest BCUT2D eigenvalue weighted by atomic mass is 10.1. The second-order valence-electron chi connectivity index (χ2n) is 4.44. The summed E-state index contributed by atoms with van der Waals surface area (Å²) in [6, 6.07) is 10.7. The Bertz CT molecular complexity index is 865. The van der Waals surface area contributed by atoms with E-state index in [0.717, 1.165) is 10.2 Å². The van der Waals surface area contributed by atoms with Gasteiger partial charge < -0.3 is 5.84 Å². The molecule has 0 aliphatic rings. The highest BCUT2D eigenvalue weighted by Gasteiger charge is 2.22. The summed E-state index contributed by atoms with van der Waals surface area (Å²) < 4.78 is 29.1. The van der Waals surface area contributed by atoms with Gasteiger partial charge in [0.2, 0.25) is 11.8 Å². The van der Waals surface area contributed by atoms with E-state index in [1.54, 1.807) is 18.2 Å². The molecule has 0 bridgehead atoms. The number of nitrogens with zero attached hydrogens (tertiary/aromatic N) is 4. The SMILES string of the molecule is N#Cc1nc(F)c2c(F)c(Cc3ccccc3)n(N)c2n1. The fourth-order valence-electron chi connectivity index (χ4n) is 2.17. The second-order valence-corrected chi connectivity index (χ2v) is 4.44. The minimum Gasteiger partial charge on any atom is -0.337 e. The molecule has 0 aliphatic carbocycles. The average molecular weight is 285 g/mol. The first-order valence-corrected chi connectivity index (χ1v) is 6.07. The number of hydrogen-bond donors (Lipinski definition) is 1. The number of fused-ring (bicyclic) bond motifs is 1. The van der Waals surface area contributed by atoms with E-state index in [-0.39, 0.29) is 17.8 Å². The summed E-state index contributed by atoms with van der Waals surface area (Å²) >= 11 is 0. The van der Waals surface area contributed by atoms with Crippen molar-refractivity contribution in [2.45, 2.75) is 6.42 Å². The predicted molar refractivity (Wildman–Crippen MR) is 71.6 cm³/mol. The summed E-state index contributed by atoms with van der Waals surface area (Å²) in [5.74, 6) is 3.50. The first-order chi connectivity index (χ1) is 10.1. The van der Waals surface area contributed by atoms with Gasteiger partial charge in [-0.3, -0.25) is 0 Å². The quantitative estimate of drug-likeness (QED) is 0.576. The molecule has 21 heavy (non-hydrogen) atoms. The summed E-state index contributed by atoms with van der Waals surface area (Å²) in [5.41, 5.74) is 0.766. The maximum Gasteiger partial charge on any atom is 0.236 e. The Morgan fingerprint density at radius 2 is 1.90 bits per heavy atom. The number of aromatic nitrogens is 3. The molecule has 0 radical (unpaired) electrons. The van der Waals surface area contributed by atoms with E-state index in [9.17, 15) is 8.78 Å². The molecule has 3 aromatic rings. The van der Waals surface area contributed by atoms with Crippen LogP contribution in [0.2, 0.25) is 0 Å². The predicted octanol–water partition coefficient (Wildman–Crippen LogP) is 1.89. The standard InChI is InChI=1S/C14H9F2N5/c15-12-9(6-8-4-2-1-3-5-8)21(18)14-11(12)13(16)19-10(7-17)20-14/h1-5H,6,18H2. The molecular weight excluding hydrogens is 276 g/mol. The maximum atomic E-state index is 14.4. The molecule has 5 nitrogen and oxygen atoms in total. The molecule has 0 saturated carbocycles. The van der Waals surface area contributed by atoms with E-state index in [0.29, 0.717) is 0 Å². The summed E-state index contributed by atoms with van der Waals surface area (Å²) in [4.78, 5) is 7.06. The summed E-state index contributed by atoms with van der Waals surface area (Å²) in [7, 11) is 0. The Kier molecular flexibility index (Phi) is 2.99. The van der Waals surface area contributed by atoms with Gasteiger partial charge >= 0.3 is 0 Å². The first-order valence-electron chi connectivity index (χ1n) is 6.07. The zero-order valence-electron chi connectivity index (χ0n) is 10.7. The van der Waals surface area contributed by atoms with Crippen LogP contribution in [0.4, 0.5) is 8.78 Å². The van der Waals surface area contributed by atoms with Crippen LogP contribution >= 0.6 is 0 Å². The number of halogens is 2. The molecular formula is C14H9F2N5. The van der Waals surface area contributed by atoms with Crippen LogP contribution in [0.25, 0.3) is 11.0 Å². The number of nitrogen functional groups attached to an aromatic ring is 1. The van der Waals surface area contributed by atoms with E-state index < -0.39 is 23.0 Å². The molecule has 0 saturated heterocycles. The smallest absolute Gasteiger partial charge is 0.236 e. The van der Waals surface area contributed by atoms with E-state index in [2.05, 4.69) is 9.97 Å². The molecule has 0 unspecified atom stereocenters. The minimum atomic E-state index is -1.09. The molecule has 1 aromatic carbocycles. The van der Waals surface area contributed by atoms with Crippen molar-refractivity contribution in [2.24, 2.45) is 0 Å². The van der Waals surface area contributed by atoms with Gasteiger partial charge in [-0.1, -0.05) is 30.3 Å². The Morgan fingerprint density at radius 1 is 1.19 bits per heavy atom. The number of hydrogen-bond acceptors (Lipinski definition) is 4. The van der Waals surface area contributed by atoms with E-state index in [1.165, 1.54) is 0 Å². The normalized spacial score (nSPS) is 10.7. The van der Waals surface area contributed by atoms with Crippen molar-refractivity contribution in [2.75, 3.05) is 5.84 Å². The highest BCUT2D eigenvalue weighted by atomic mass is 19.1. The van der Waals surface area contributed by atoms with Gasteiger partial charge in [-0.05, 0) is 5.56 Å². The van der Waals surface area contributed by atoms with Gasteiger partial charge in [-0.25, -0.2) is 9.07 Å². The molecule has 104 valence electrons. The highest BCUT2D eigenvalue weighted by molar-refractivity contribution is 5.78. The van der Waals surface area contributed by atoms with Crippen LogP contribution in [0.1, 0.15) is 17.1 Å². The first kappa shape index (κ1) is 13.0. The largest absolute Gasteiger partial charge is 0.337 e. The zero-order valence-corrected chi connectivity index (χ0v) is 10.7. The van der Waals surface area contributed by atoms with Crippen LogP contribution in [-0.2, 0) is 6.42 Å². The van der Waals surface area contributed by atoms with Crippen LogP contribution in [0.3, 0.4) is 0 Å². The third-order valence-electron chi connectivity index (χ3n) is 3.15. The number of nitriles is 1. The number of rotatable bonds is 2. The van der Waals surface area contributed by atoms with Gasteiger partial charge in [0, 0.05) is 6.42 Å². The van der Waals surface area contributed by atoms with Gasteiger partial charge in [-0.2, -0.15) is 19.6 Å². The molecule has 0 aliphatic heterocycles. The molecule has 0 amide bonds. The Balaban J connectivity index is 2.21. The van der Waals surface area contributed by atoms with E-state index >= 15 is 0 Å². The lowest BCUT2D eigenvalue weighted by molar-refractivity contribution is 0.573. The monoisotopic (exact) mass is 285 g/mol. The Labute approximate surface area is 118 Å². The van der Waals surface area contributed by atoms with Crippen LogP contribution in [0.5, 0.6) is 0 Å². The molecule has 2 N–H and O–H groups in total. The van der Waals surface area contributed by atoms with Gasteiger partial charge in [-0.15, -0.1) is 0 Å². The lowest BCUT2D eigenvalue weighted by Crippen LogP contribution is -2.14. The zero-order chi connectivity index (χ0) is 15.0. The number of nitrogens with two attached hydrogens (primary N) is 1. The molecule has 7 heteroatoms. The highest BCUT2D eigenvalue weighted by Crippen LogP contribution is 2.25. The van der Waals surface area contributed by atoms with Crippen molar-refractivity contribution in [1.29, 1.82) is 5.26 Å². The van der Waals surface area contributed by atoms with Gasteiger partial charge in [0.05, 0.1) is 5.69 Å². The fraction of sp³-hybridized carbons (Fsp3) is 0.0714. The van der Waals surface area contributed by atoms with Crippen molar-refractivity contribution in [3.63, 3.8) is 0 Å². The summed E-state index contributed by atoms with van der Waals surface area (Å²) in [5, 5.41) is 8.34. The average Bonchev–Trinajstić information content (AvgIpc) is 2.73. The Hall–Kier alpha value is -3.01. The fourth-order valence-corrected chi connectivity index (χ4v) is 2.17. The van der Waals surface area contributed by atoms with Gasteiger partial charge in [0.25, 0.3) is 0 Å². The van der Waals surface area contributed by atoms with Crippen molar-refractivity contribution in [3.8, 4) is 6.07 Å². The minimum absolute atomic E-state index is 0.0829. The Morgan fingerprint density at radius 3 is 2.57 bits per heavy atom. The number of benzene rings is 1. The van der Waals surface area contributed by atoms with Crippen molar-refractivity contribution in [3.05, 3.63) is 59.2 Å². The maximum absolute atomic E-state index is 14.4.